The van der Waals surface area contributed by atoms with Gasteiger partial charge in [0.2, 0.25) is 5.95 Å². The number of carbonyl (C=O) groups is 1. The third kappa shape index (κ3) is 3.47. The highest BCUT2D eigenvalue weighted by molar-refractivity contribution is 6.06. The van der Waals surface area contributed by atoms with Gasteiger partial charge in [0.25, 0.3) is 5.91 Å². The minimum absolute atomic E-state index is 0.117. The van der Waals surface area contributed by atoms with Gasteiger partial charge in [-0.05, 0) is 18.6 Å². The molecule has 0 unspecified atom stereocenters. The van der Waals surface area contributed by atoms with Crippen molar-refractivity contribution in [3.63, 3.8) is 0 Å². The van der Waals surface area contributed by atoms with E-state index in [0.717, 1.165) is 18.7 Å². The predicted octanol–water partition coefficient (Wildman–Crippen LogP) is 2.08. The van der Waals surface area contributed by atoms with E-state index in [1.54, 1.807) is 6.07 Å². The first kappa shape index (κ1) is 13.9. The monoisotopic (exact) mass is 275 g/mol. The number of pyridine rings is 1. The zero-order valence-electron chi connectivity index (χ0n) is 10.9. The molecule has 0 radical (unpaired) electrons. The van der Waals surface area contributed by atoms with E-state index in [4.69, 9.17) is 0 Å². The van der Waals surface area contributed by atoms with Gasteiger partial charge in [-0.2, -0.15) is 0 Å². The van der Waals surface area contributed by atoms with Crippen molar-refractivity contribution in [3.05, 3.63) is 42.1 Å². The third-order valence-corrected chi connectivity index (χ3v) is 2.43. The fourth-order valence-electron chi connectivity index (χ4n) is 1.53. The highest BCUT2D eigenvalue weighted by Crippen LogP contribution is 2.15. The first-order chi connectivity index (χ1) is 9.70. The molecule has 2 heterocycles. The van der Waals surface area contributed by atoms with Crippen molar-refractivity contribution in [1.29, 1.82) is 0 Å². The third-order valence-electron chi connectivity index (χ3n) is 2.43. The summed E-state index contributed by atoms with van der Waals surface area (Å²) in [4.78, 5) is 23.8. The van der Waals surface area contributed by atoms with Crippen LogP contribution in [-0.4, -0.2) is 27.4 Å². The number of anilines is 2. The van der Waals surface area contributed by atoms with Crippen molar-refractivity contribution in [3.8, 4) is 0 Å². The molecule has 1 amide bonds. The van der Waals surface area contributed by atoms with Crippen LogP contribution < -0.4 is 10.6 Å². The van der Waals surface area contributed by atoms with E-state index in [-0.39, 0.29) is 11.5 Å². The summed E-state index contributed by atoms with van der Waals surface area (Å²) in [7, 11) is 0. The van der Waals surface area contributed by atoms with Gasteiger partial charge in [-0.3, -0.25) is 10.1 Å². The molecule has 0 saturated heterocycles. The number of aromatic nitrogens is 3. The average Bonchev–Trinajstić information content (AvgIpc) is 2.47. The number of nitrogens with one attached hydrogen (secondary N) is 2. The van der Waals surface area contributed by atoms with Crippen LogP contribution in [0.15, 0.2) is 30.7 Å². The van der Waals surface area contributed by atoms with E-state index in [1.807, 2.05) is 6.92 Å². The summed E-state index contributed by atoms with van der Waals surface area (Å²) in [6, 6.07) is 2.76. The molecule has 2 N–H and O–H groups in total. The van der Waals surface area contributed by atoms with Crippen LogP contribution in [0.3, 0.4) is 0 Å². The van der Waals surface area contributed by atoms with Gasteiger partial charge in [0.1, 0.15) is 11.6 Å². The number of carbonyl (C=O) groups excluding carboxylic acids is 1. The minimum Gasteiger partial charge on any atom is -0.369 e. The van der Waals surface area contributed by atoms with Gasteiger partial charge in [-0.1, -0.05) is 6.92 Å². The fraction of sp³-hybridized carbons (Fsp3) is 0.231. The average molecular weight is 275 g/mol. The maximum absolute atomic E-state index is 13.3. The fourth-order valence-corrected chi connectivity index (χ4v) is 1.53. The van der Waals surface area contributed by atoms with Gasteiger partial charge >= 0.3 is 0 Å². The minimum atomic E-state index is -0.578. The van der Waals surface area contributed by atoms with Gasteiger partial charge in [-0.25, -0.2) is 19.3 Å². The van der Waals surface area contributed by atoms with Gasteiger partial charge in [0.15, 0.2) is 0 Å². The molecule has 2 aromatic heterocycles. The first-order valence-electron chi connectivity index (χ1n) is 6.18. The summed E-state index contributed by atoms with van der Waals surface area (Å²) in [5.41, 5.74) is 0.117. The molecule has 104 valence electrons. The second-order valence-electron chi connectivity index (χ2n) is 4.00. The summed E-state index contributed by atoms with van der Waals surface area (Å²) >= 11 is 0. The lowest BCUT2D eigenvalue weighted by molar-refractivity contribution is 0.102. The SMILES string of the molecule is CCCNc1ncc(F)cc1C(=O)Nc1ncccn1. The molecular weight excluding hydrogens is 261 g/mol. The molecule has 0 spiro atoms. The number of nitrogens with zero attached hydrogens (tertiary/aromatic N) is 3. The molecular formula is C13H14FN5O. The number of amides is 1. The lowest BCUT2D eigenvalue weighted by Crippen LogP contribution is -2.17. The summed E-state index contributed by atoms with van der Waals surface area (Å²) in [6.07, 6.45) is 4.93. The molecule has 0 bridgehead atoms. The molecule has 0 aliphatic heterocycles. The predicted molar refractivity (Wildman–Crippen MR) is 73.0 cm³/mol. The molecule has 0 fully saturated rings. The molecule has 20 heavy (non-hydrogen) atoms. The van der Waals surface area contributed by atoms with Crippen molar-refractivity contribution >= 4 is 17.7 Å². The van der Waals surface area contributed by atoms with E-state index >= 15 is 0 Å². The Hall–Kier alpha value is -2.57. The zero-order chi connectivity index (χ0) is 14.4. The maximum Gasteiger partial charge on any atom is 0.261 e. The van der Waals surface area contributed by atoms with Crippen molar-refractivity contribution < 1.29 is 9.18 Å². The Kier molecular flexibility index (Phi) is 4.54. The lowest BCUT2D eigenvalue weighted by atomic mass is 10.2. The van der Waals surface area contributed by atoms with Gasteiger partial charge in [0, 0.05) is 18.9 Å². The normalized spacial score (nSPS) is 10.1. The molecule has 0 aromatic carbocycles. The molecule has 6 nitrogen and oxygen atoms in total. The van der Waals surface area contributed by atoms with Crippen LogP contribution >= 0.6 is 0 Å². The Bertz CT molecular complexity index is 591. The summed E-state index contributed by atoms with van der Waals surface area (Å²) in [5.74, 6) is -0.599. The number of hydrogen-bond acceptors (Lipinski definition) is 5. The van der Waals surface area contributed by atoms with Crippen molar-refractivity contribution in [2.45, 2.75) is 13.3 Å². The van der Waals surface area contributed by atoms with E-state index in [1.165, 1.54) is 12.4 Å². The lowest BCUT2D eigenvalue weighted by Gasteiger charge is -2.10. The molecule has 7 heteroatoms. The molecule has 2 rings (SSSR count). The zero-order valence-corrected chi connectivity index (χ0v) is 10.9. The number of rotatable bonds is 5. The molecule has 0 aliphatic carbocycles. The Balaban J connectivity index is 2.21. The first-order valence-corrected chi connectivity index (χ1v) is 6.18. The van der Waals surface area contributed by atoms with Crippen LogP contribution in [0.4, 0.5) is 16.2 Å². The van der Waals surface area contributed by atoms with Crippen molar-refractivity contribution in [2.75, 3.05) is 17.2 Å². The summed E-state index contributed by atoms with van der Waals surface area (Å²) < 4.78 is 13.3. The Morgan fingerprint density at radius 1 is 1.30 bits per heavy atom. The Morgan fingerprint density at radius 2 is 2.05 bits per heavy atom. The topological polar surface area (TPSA) is 79.8 Å². The number of hydrogen-bond donors (Lipinski definition) is 2. The molecule has 0 saturated carbocycles. The van der Waals surface area contributed by atoms with Crippen LogP contribution in [0.25, 0.3) is 0 Å². The van der Waals surface area contributed by atoms with Gasteiger partial charge < -0.3 is 5.32 Å². The standard InChI is InChI=1S/C13H14FN5O/c1-2-4-15-11-10(7-9(14)8-18-11)12(20)19-13-16-5-3-6-17-13/h3,5-8H,2,4H2,1H3,(H,15,18)(H,16,17,19,20). The van der Waals surface area contributed by atoms with E-state index in [9.17, 15) is 9.18 Å². The van der Waals surface area contributed by atoms with Gasteiger partial charge in [-0.15, -0.1) is 0 Å². The summed E-state index contributed by atoms with van der Waals surface area (Å²) in [5, 5.41) is 5.47. The largest absolute Gasteiger partial charge is 0.369 e. The Labute approximate surface area is 115 Å². The van der Waals surface area contributed by atoms with Crippen LogP contribution in [-0.2, 0) is 0 Å². The van der Waals surface area contributed by atoms with E-state index < -0.39 is 11.7 Å². The summed E-state index contributed by atoms with van der Waals surface area (Å²) in [6.45, 7) is 2.62. The molecule has 0 atom stereocenters. The van der Waals surface area contributed by atoms with Crippen LogP contribution in [0.5, 0.6) is 0 Å². The van der Waals surface area contributed by atoms with Crippen molar-refractivity contribution in [2.24, 2.45) is 0 Å². The van der Waals surface area contributed by atoms with Gasteiger partial charge in [0.05, 0.1) is 11.8 Å². The molecule has 0 aliphatic rings. The maximum atomic E-state index is 13.3. The smallest absolute Gasteiger partial charge is 0.261 e. The van der Waals surface area contributed by atoms with E-state index in [2.05, 4.69) is 25.6 Å². The van der Waals surface area contributed by atoms with Crippen LogP contribution in [0.1, 0.15) is 23.7 Å². The van der Waals surface area contributed by atoms with Crippen LogP contribution in [0, 0.1) is 5.82 Å². The quantitative estimate of drug-likeness (QED) is 0.873. The highest BCUT2D eigenvalue weighted by atomic mass is 19.1. The van der Waals surface area contributed by atoms with Crippen molar-refractivity contribution in [1.82, 2.24) is 15.0 Å². The molecule has 2 aromatic rings. The van der Waals surface area contributed by atoms with Crippen LogP contribution in [0.2, 0.25) is 0 Å². The van der Waals surface area contributed by atoms with E-state index in [0.29, 0.717) is 12.4 Å². The highest BCUT2D eigenvalue weighted by Gasteiger charge is 2.15. The number of halogens is 1. The second kappa shape index (κ2) is 6.55. The second-order valence-corrected chi connectivity index (χ2v) is 4.00. The Morgan fingerprint density at radius 3 is 2.75 bits per heavy atom.